The molecule has 2 unspecified atom stereocenters. The summed E-state index contributed by atoms with van der Waals surface area (Å²) in [5, 5.41) is 16.7. The lowest BCUT2D eigenvalue weighted by molar-refractivity contribution is -0.159. The van der Waals surface area contributed by atoms with Gasteiger partial charge in [-0.05, 0) is 38.6 Å². The molecule has 0 aromatic carbocycles. The Balaban J connectivity index is 1.62. The first-order chi connectivity index (χ1) is 15.5. The zero-order valence-corrected chi connectivity index (χ0v) is 19.5. The van der Waals surface area contributed by atoms with E-state index in [1.54, 1.807) is 4.90 Å². The van der Waals surface area contributed by atoms with Crippen molar-refractivity contribution in [2.45, 2.75) is 44.3 Å². The van der Waals surface area contributed by atoms with Crippen LogP contribution in [0, 0.1) is 23.2 Å². The lowest BCUT2D eigenvalue weighted by atomic mass is 9.79. The Morgan fingerprint density at radius 3 is 2.33 bits per heavy atom. The molecule has 0 aromatic rings. The third-order valence-electron chi connectivity index (χ3n) is 7.11. The zero-order chi connectivity index (χ0) is 24.3. The standard InChI is InChI=1S/C22H32ClF3N4O3/c1-28-6-8-29(9-7-28)16-2-4-30(5-3-16)21(33)15(13-19(31)32)10-14-11-17(22(24,25)26)20(27)18(23)12-14/h12,14-17,27H,2-11,13H2,1H3,(H,31,32)/t14?,15-,17?/m0/s1. The summed E-state index contributed by atoms with van der Waals surface area (Å²) in [4.78, 5) is 31.0. The van der Waals surface area contributed by atoms with Gasteiger partial charge < -0.3 is 20.3 Å². The van der Waals surface area contributed by atoms with Gasteiger partial charge in [0.2, 0.25) is 5.91 Å². The number of hydrogen-bond acceptors (Lipinski definition) is 5. The van der Waals surface area contributed by atoms with Crippen molar-refractivity contribution in [3.8, 4) is 0 Å². The predicted octanol–water partition coefficient (Wildman–Crippen LogP) is 3.05. The molecule has 0 bridgehead atoms. The number of allylic oxidation sites excluding steroid dienone is 2. The minimum absolute atomic E-state index is 0.0282. The molecule has 0 spiro atoms. The Bertz CT molecular complexity index is 775. The number of carboxylic acid groups (broad SMARTS) is 1. The number of likely N-dealkylation sites (tertiary alicyclic amines) is 1. The highest BCUT2D eigenvalue weighted by molar-refractivity contribution is 6.43. The molecule has 3 rings (SSSR count). The first-order valence-electron chi connectivity index (χ1n) is 11.4. The Hall–Kier alpha value is -1.65. The second-order valence-electron chi connectivity index (χ2n) is 9.44. The third kappa shape index (κ3) is 6.70. The molecule has 2 aliphatic heterocycles. The summed E-state index contributed by atoms with van der Waals surface area (Å²) in [6.07, 6.45) is -2.50. The van der Waals surface area contributed by atoms with E-state index in [0.717, 1.165) is 39.0 Å². The number of carboxylic acids is 1. The summed E-state index contributed by atoms with van der Waals surface area (Å²) in [6, 6.07) is 0.388. The van der Waals surface area contributed by atoms with Crippen LogP contribution in [0.4, 0.5) is 13.2 Å². The number of carbonyl (C=O) groups is 2. The van der Waals surface area contributed by atoms with Gasteiger partial charge in [-0.1, -0.05) is 17.7 Å². The first-order valence-corrected chi connectivity index (χ1v) is 11.8. The fraction of sp³-hybridized carbons (Fsp3) is 0.773. The minimum atomic E-state index is -4.61. The molecule has 1 amide bonds. The second kappa shape index (κ2) is 10.7. The highest BCUT2D eigenvalue weighted by Gasteiger charge is 2.46. The summed E-state index contributed by atoms with van der Waals surface area (Å²) in [6.45, 7) is 5.02. The van der Waals surface area contributed by atoms with Gasteiger partial charge in [-0.15, -0.1) is 0 Å². The molecule has 7 nitrogen and oxygen atoms in total. The predicted molar refractivity (Wildman–Crippen MR) is 118 cm³/mol. The highest BCUT2D eigenvalue weighted by atomic mass is 35.5. The number of piperazine rings is 1. The molecule has 186 valence electrons. The molecule has 2 fully saturated rings. The zero-order valence-electron chi connectivity index (χ0n) is 18.8. The van der Waals surface area contributed by atoms with Crippen molar-refractivity contribution in [2.24, 2.45) is 17.8 Å². The van der Waals surface area contributed by atoms with E-state index in [1.807, 2.05) is 0 Å². The van der Waals surface area contributed by atoms with E-state index in [1.165, 1.54) is 6.08 Å². The van der Waals surface area contributed by atoms with Gasteiger partial charge >= 0.3 is 12.1 Å². The van der Waals surface area contributed by atoms with E-state index in [9.17, 15) is 27.9 Å². The van der Waals surface area contributed by atoms with Crippen LogP contribution in [0.5, 0.6) is 0 Å². The van der Waals surface area contributed by atoms with E-state index in [0.29, 0.717) is 19.1 Å². The molecular weight excluding hydrogens is 461 g/mol. The molecule has 1 aliphatic carbocycles. The maximum absolute atomic E-state index is 13.3. The Kier molecular flexibility index (Phi) is 8.45. The Labute approximate surface area is 197 Å². The molecule has 0 saturated carbocycles. The van der Waals surface area contributed by atoms with Crippen molar-refractivity contribution in [3.05, 3.63) is 11.1 Å². The normalized spacial score (nSPS) is 27.4. The number of hydrogen-bond donors (Lipinski definition) is 2. The topological polar surface area (TPSA) is 87.9 Å². The number of amides is 1. The number of aliphatic carboxylic acids is 1. The van der Waals surface area contributed by atoms with Crippen molar-refractivity contribution in [3.63, 3.8) is 0 Å². The molecule has 3 atom stereocenters. The van der Waals surface area contributed by atoms with Crippen LogP contribution < -0.4 is 0 Å². The third-order valence-corrected chi connectivity index (χ3v) is 7.44. The summed E-state index contributed by atoms with van der Waals surface area (Å²) >= 11 is 5.90. The van der Waals surface area contributed by atoms with Gasteiger partial charge in [-0.3, -0.25) is 14.5 Å². The van der Waals surface area contributed by atoms with Gasteiger partial charge in [0.1, 0.15) is 0 Å². The van der Waals surface area contributed by atoms with Gasteiger partial charge in [-0.25, -0.2) is 0 Å². The highest BCUT2D eigenvalue weighted by Crippen LogP contribution is 2.41. The molecule has 2 N–H and O–H groups in total. The molecule has 2 saturated heterocycles. The summed E-state index contributed by atoms with van der Waals surface area (Å²) < 4.78 is 40.0. The molecule has 11 heteroatoms. The lowest BCUT2D eigenvalue weighted by Crippen LogP contribution is -2.53. The van der Waals surface area contributed by atoms with Gasteiger partial charge in [0.25, 0.3) is 0 Å². The lowest BCUT2D eigenvalue weighted by Gasteiger charge is -2.42. The van der Waals surface area contributed by atoms with Crippen LogP contribution in [0.2, 0.25) is 0 Å². The number of halogens is 4. The maximum atomic E-state index is 13.3. The maximum Gasteiger partial charge on any atom is 0.397 e. The Morgan fingerprint density at radius 2 is 1.79 bits per heavy atom. The van der Waals surface area contributed by atoms with Gasteiger partial charge in [0.05, 0.1) is 23.1 Å². The van der Waals surface area contributed by atoms with E-state index in [-0.39, 0.29) is 17.4 Å². The molecule has 0 aromatic heterocycles. The van der Waals surface area contributed by atoms with Crippen LogP contribution in [0.3, 0.4) is 0 Å². The van der Waals surface area contributed by atoms with Gasteiger partial charge in [-0.2, -0.15) is 13.2 Å². The van der Waals surface area contributed by atoms with E-state index in [2.05, 4.69) is 16.8 Å². The number of carbonyl (C=O) groups excluding carboxylic acids is 1. The van der Waals surface area contributed by atoms with Crippen LogP contribution in [-0.4, -0.2) is 95.9 Å². The fourth-order valence-corrected chi connectivity index (χ4v) is 5.47. The van der Waals surface area contributed by atoms with E-state index >= 15 is 0 Å². The average Bonchev–Trinajstić information content (AvgIpc) is 2.74. The van der Waals surface area contributed by atoms with Crippen LogP contribution >= 0.6 is 11.6 Å². The van der Waals surface area contributed by atoms with Crippen molar-refractivity contribution in [1.82, 2.24) is 14.7 Å². The Morgan fingerprint density at radius 1 is 1.18 bits per heavy atom. The molecular formula is C22H32ClF3N4O3. The monoisotopic (exact) mass is 492 g/mol. The van der Waals surface area contributed by atoms with E-state index < -0.39 is 48.5 Å². The van der Waals surface area contributed by atoms with Crippen LogP contribution in [0.15, 0.2) is 11.1 Å². The summed E-state index contributed by atoms with van der Waals surface area (Å²) in [7, 11) is 2.09. The minimum Gasteiger partial charge on any atom is -0.481 e. The quantitative estimate of drug-likeness (QED) is 0.595. The van der Waals surface area contributed by atoms with Crippen molar-refractivity contribution in [1.29, 1.82) is 5.41 Å². The van der Waals surface area contributed by atoms with Crippen LogP contribution in [0.25, 0.3) is 0 Å². The summed E-state index contributed by atoms with van der Waals surface area (Å²) in [5.41, 5.74) is -0.674. The van der Waals surface area contributed by atoms with E-state index in [4.69, 9.17) is 17.0 Å². The van der Waals surface area contributed by atoms with Crippen molar-refractivity contribution in [2.75, 3.05) is 46.3 Å². The number of nitrogens with one attached hydrogen (secondary N) is 1. The van der Waals surface area contributed by atoms with Crippen LogP contribution in [-0.2, 0) is 9.59 Å². The SMILES string of the molecule is CN1CCN(C2CCN(C(=O)[C@H](CC(=O)O)CC3C=C(Cl)C(=N)C(C(F)(F)F)C3)CC2)CC1. The van der Waals surface area contributed by atoms with Crippen LogP contribution in [0.1, 0.15) is 32.1 Å². The van der Waals surface area contributed by atoms with Crippen molar-refractivity contribution >= 4 is 29.2 Å². The average molecular weight is 493 g/mol. The van der Waals surface area contributed by atoms with Crippen molar-refractivity contribution < 1.29 is 27.9 Å². The summed E-state index contributed by atoms with van der Waals surface area (Å²) in [5.74, 6) is -5.11. The van der Waals surface area contributed by atoms with Gasteiger partial charge in [0.15, 0.2) is 0 Å². The number of nitrogens with zero attached hydrogens (tertiary/aromatic N) is 3. The molecule has 33 heavy (non-hydrogen) atoms. The molecule has 2 heterocycles. The molecule has 0 radical (unpaired) electrons. The number of rotatable bonds is 6. The largest absolute Gasteiger partial charge is 0.481 e. The second-order valence-corrected chi connectivity index (χ2v) is 9.85. The number of alkyl halides is 3. The number of likely N-dealkylation sites (N-methyl/N-ethyl adjacent to an activating group) is 1. The smallest absolute Gasteiger partial charge is 0.397 e. The first kappa shape index (κ1) is 26.0. The fourth-order valence-electron chi connectivity index (χ4n) is 5.16. The van der Waals surface area contributed by atoms with Gasteiger partial charge in [0, 0.05) is 51.2 Å². The number of piperidine rings is 1. The molecule has 3 aliphatic rings.